The van der Waals surface area contributed by atoms with Crippen LogP contribution in [0.15, 0.2) is 47.0 Å². The number of imidazole rings is 1. The van der Waals surface area contributed by atoms with Gasteiger partial charge in [-0.05, 0) is 49.5 Å². The molecule has 2 aromatic carbocycles. The number of halogens is 1. The summed E-state index contributed by atoms with van der Waals surface area (Å²) in [4.78, 5) is 11.7. The van der Waals surface area contributed by atoms with E-state index in [2.05, 4.69) is 30.7 Å². The fraction of sp³-hybridized carbons (Fsp3) is 0.217. The van der Waals surface area contributed by atoms with Crippen molar-refractivity contribution in [3.05, 3.63) is 59.1 Å². The van der Waals surface area contributed by atoms with Gasteiger partial charge in [0, 0.05) is 36.4 Å². The Morgan fingerprint density at radius 1 is 1.12 bits per heavy atom. The van der Waals surface area contributed by atoms with Crippen LogP contribution in [0.25, 0.3) is 39.1 Å². The van der Waals surface area contributed by atoms with Crippen LogP contribution in [0.2, 0.25) is 0 Å². The molecule has 1 aliphatic heterocycles. The molecule has 6 rings (SSSR count). The summed E-state index contributed by atoms with van der Waals surface area (Å²) in [6, 6.07) is 10.7. The summed E-state index contributed by atoms with van der Waals surface area (Å²) < 4.78 is 27.1. The van der Waals surface area contributed by atoms with Crippen molar-refractivity contribution in [1.82, 2.24) is 24.7 Å². The molecule has 0 unspecified atom stereocenters. The Morgan fingerprint density at radius 2 is 1.97 bits per heavy atom. The molecular formula is C23H19FN6O2S. The number of aromatic nitrogens is 5. The van der Waals surface area contributed by atoms with Gasteiger partial charge < -0.3 is 14.1 Å². The van der Waals surface area contributed by atoms with Crippen molar-refractivity contribution in [2.24, 2.45) is 0 Å². The summed E-state index contributed by atoms with van der Waals surface area (Å²) in [6.07, 6.45) is 1.68. The molecule has 10 heteroatoms. The third-order valence-electron chi connectivity index (χ3n) is 5.88. The Bertz CT molecular complexity index is 1570. The molecule has 1 saturated heterocycles. The van der Waals surface area contributed by atoms with E-state index in [-0.39, 0.29) is 10.7 Å². The molecule has 0 saturated carbocycles. The molecule has 8 nitrogen and oxygen atoms in total. The van der Waals surface area contributed by atoms with Crippen LogP contribution >= 0.6 is 12.2 Å². The fourth-order valence-electron chi connectivity index (χ4n) is 4.40. The van der Waals surface area contributed by atoms with Crippen molar-refractivity contribution in [2.75, 3.05) is 31.2 Å². The molecule has 0 radical (unpaired) electrons. The minimum absolute atomic E-state index is 0.202. The van der Waals surface area contributed by atoms with Crippen LogP contribution in [0.1, 0.15) is 5.82 Å². The number of rotatable bonds is 3. The Kier molecular flexibility index (Phi) is 4.70. The van der Waals surface area contributed by atoms with Crippen LogP contribution in [-0.2, 0) is 4.74 Å². The van der Waals surface area contributed by atoms with Crippen LogP contribution < -0.4 is 4.90 Å². The number of hydrogen-bond donors (Lipinski definition) is 1. The van der Waals surface area contributed by atoms with E-state index >= 15 is 0 Å². The summed E-state index contributed by atoms with van der Waals surface area (Å²) in [6.45, 7) is 4.82. The van der Waals surface area contributed by atoms with Crippen LogP contribution in [0.5, 0.6) is 0 Å². The first kappa shape index (κ1) is 20.0. The Labute approximate surface area is 192 Å². The number of morpholine rings is 1. The van der Waals surface area contributed by atoms with Crippen LogP contribution in [0.3, 0.4) is 0 Å². The second kappa shape index (κ2) is 7.75. The lowest BCUT2D eigenvalue weighted by Crippen LogP contribution is -2.36. The molecule has 4 heterocycles. The van der Waals surface area contributed by atoms with Crippen molar-refractivity contribution in [1.29, 1.82) is 0 Å². The maximum Gasteiger partial charge on any atom is 0.284 e. The zero-order valence-electron chi connectivity index (χ0n) is 17.7. The monoisotopic (exact) mass is 462 g/mol. The smallest absolute Gasteiger partial charge is 0.284 e. The third kappa shape index (κ3) is 3.38. The van der Waals surface area contributed by atoms with E-state index in [1.807, 2.05) is 19.1 Å². The molecule has 1 N–H and O–H groups in total. The number of ether oxygens (including phenoxy) is 1. The van der Waals surface area contributed by atoms with Crippen molar-refractivity contribution in [3.8, 4) is 17.1 Å². The highest BCUT2D eigenvalue weighted by Crippen LogP contribution is 2.36. The first-order chi connectivity index (χ1) is 16.1. The lowest BCUT2D eigenvalue weighted by atomic mass is 10.1. The molecule has 0 spiro atoms. The van der Waals surface area contributed by atoms with Crippen molar-refractivity contribution in [3.63, 3.8) is 0 Å². The van der Waals surface area contributed by atoms with Gasteiger partial charge in [-0.25, -0.2) is 14.5 Å². The molecule has 33 heavy (non-hydrogen) atoms. The fourth-order valence-corrected chi connectivity index (χ4v) is 4.52. The third-order valence-corrected chi connectivity index (χ3v) is 6.05. The predicted octanol–water partition coefficient (Wildman–Crippen LogP) is 4.57. The van der Waals surface area contributed by atoms with Crippen LogP contribution in [0.4, 0.5) is 10.1 Å². The van der Waals surface area contributed by atoms with Crippen LogP contribution in [0, 0.1) is 17.6 Å². The maximum absolute atomic E-state index is 13.8. The summed E-state index contributed by atoms with van der Waals surface area (Å²) in [5.41, 5.74) is 4.82. The highest BCUT2D eigenvalue weighted by Gasteiger charge is 2.22. The average molecular weight is 463 g/mol. The maximum atomic E-state index is 13.8. The van der Waals surface area contributed by atoms with E-state index in [0.29, 0.717) is 24.6 Å². The Balaban J connectivity index is 1.66. The number of aromatic amines is 1. The highest BCUT2D eigenvalue weighted by atomic mass is 32.1. The second-order valence-electron chi connectivity index (χ2n) is 7.86. The van der Waals surface area contributed by atoms with Gasteiger partial charge in [0.2, 0.25) is 5.89 Å². The molecule has 5 aromatic rings. The lowest BCUT2D eigenvalue weighted by molar-refractivity contribution is 0.122. The Hall–Kier alpha value is -3.63. The van der Waals surface area contributed by atoms with Gasteiger partial charge in [-0.2, -0.15) is 0 Å². The first-order valence-electron chi connectivity index (χ1n) is 10.5. The summed E-state index contributed by atoms with van der Waals surface area (Å²) in [5, 5.41) is 7.78. The summed E-state index contributed by atoms with van der Waals surface area (Å²) in [7, 11) is 0. The molecule has 0 bridgehead atoms. The summed E-state index contributed by atoms with van der Waals surface area (Å²) >= 11 is 5.11. The number of nitrogens with one attached hydrogen (secondary N) is 1. The number of H-pyrrole nitrogens is 1. The molecule has 3 aromatic heterocycles. The van der Waals surface area contributed by atoms with E-state index < -0.39 is 0 Å². The second-order valence-corrected chi connectivity index (χ2v) is 8.24. The largest absolute Gasteiger partial charge is 0.409 e. The topological polar surface area (TPSA) is 85.0 Å². The SMILES string of the molecule is Cc1nc2c(-c3n[nH]c(=S)o3)cc(N3CCOCC3)cc2n1-c1ccnc2cc(F)ccc12. The zero-order chi connectivity index (χ0) is 22.5. The van der Waals surface area contributed by atoms with Gasteiger partial charge in [-0.3, -0.25) is 9.55 Å². The minimum Gasteiger partial charge on any atom is -0.409 e. The predicted molar refractivity (Wildman–Crippen MR) is 125 cm³/mol. The van der Waals surface area contributed by atoms with Gasteiger partial charge in [0.1, 0.15) is 17.2 Å². The van der Waals surface area contributed by atoms with Gasteiger partial charge >= 0.3 is 0 Å². The minimum atomic E-state index is -0.323. The van der Waals surface area contributed by atoms with Crippen LogP contribution in [-0.4, -0.2) is 51.0 Å². The van der Waals surface area contributed by atoms with E-state index in [1.165, 1.54) is 12.1 Å². The number of fused-ring (bicyclic) bond motifs is 2. The summed E-state index contributed by atoms with van der Waals surface area (Å²) in [5.74, 6) is 0.832. The molecular weight excluding hydrogens is 443 g/mol. The standard InChI is InChI=1S/C23H19FN6O2S/c1-13-26-21-17(22-27-28-23(33)32-22)11-15(29-6-8-31-9-7-29)12-20(21)30(13)19-4-5-25-18-10-14(24)2-3-16(18)19/h2-5,10-12H,6-9H2,1H3,(H,28,33). The number of nitrogens with zero attached hydrogens (tertiary/aromatic N) is 5. The number of benzene rings is 2. The average Bonchev–Trinajstić information content (AvgIpc) is 3.40. The van der Waals surface area contributed by atoms with Gasteiger partial charge in [0.05, 0.1) is 35.5 Å². The first-order valence-corrected chi connectivity index (χ1v) is 11.0. The number of pyridine rings is 1. The molecule has 0 amide bonds. The van der Waals surface area contributed by atoms with Gasteiger partial charge in [-0.1, -0.05) is 0 Å². The van der Waals surface area contributed by atoms with Gasteiger partial charge in [0.15, 0.2) is 0 Å². The number of hydrogen-bond acceptors (Lipinski definition) is 7. The van der Waals surface area contributed by atoms with Crippen molar-refractivity contribution in [2.45, 2.75) is 6.92 Å². The number of aryl methyl sites for hydroxylation is 1. The van der Waals surface area contributed by atoms with Crippen molar-refractivity contribution < 1.29 is 13.5 Å². The quantitative estimate of drug-likeness (QED) is 0.393. The normalized spacial score (nSPS) is 14.4. The zero-order valence-corrected chi connectivity index (χ0v) is 18.5. The lowest BCUT2D eigenvalue weighted by Gasteiger charge is -2.29. The molecule has 1 fully saturated rings. The van der Waals surface area contributed by atoms with Crippen molar-refractivity contribution >= 4 is 39.8 Å². The molecule has 166 valence electrons. The van der Waals surface area contributed by atoms with E-state index in [9.17, 15) is 4.39 Å². The molecule has 0 aliphatic carbocycles. The van der Waals surface area contributed by atoms with E-state index in [0.717, 1.165) is 52.3 Å². The molecule has 1 aliphatic rings. The highest BCUT2D eigenvalue weighted by molar-refractivity contribution is 7.71. The molecule has 0 atom stereocenters. The van der Waals surface area contributed by atoms with Gasteiger partial charge in [0.25, 0.3) is 4.84 Å². The van der Waals surface area contributed by atoms with Gasteiger partial charge in [-0.15, -0.1) is 5.10 Å². The number of anilines is 1. The van der Waals surface area contributed by atoms with E-state index in [4.69, 9.17) is 26.4 Å². The Morgan fingerprint density at radius 3 is 2.76 bits per heavy atom. The van der Waals surface area contributed by atoms with E-state index in [1.54, 1.807) is 12.3 Å².